The molecule has 8 N–H and O–H groups in total. The highest BCUT2D eigenvalue weighted by Crippen LogP contribution is 2.52. The van der Waals surface area contributed by atoms with E-state index in [9.17, 15) is 39.6 Å². The van der Waals surface area contributed by atoms with Crippen molar-refractivity contribution < 1.29 is 39.6 Å². The van der Waals surface area contributed by atoms with E-state index in [0.29, 0.717) is 16.7 Å². The number of benzene rings is 2. The van der Waals surface area contributed by atoms with Gasteiger partial charge in [-0.1, -0.05) is 18.2 Å². The average molecular weight is 490 g/mol. The number of ketones is 2. The molecular formula is C26H22N2O8. The number of carbonyl (C=O) groups excluding carboxylic acids is 4. The monoisotopic (exact) mass is 490 g/mol. The van der Waals surface area contributed by atoms with E-state index in [4.69, 9.17) is 11.5 Å². The summed E-state index contributed by atoms with van der Waals surface area (Å²) in [5, 5.41) is 43.2. The minimum atomic E-state index is -2.61. The van der Waals surface area contributed by atoms with Gasteiger partial charge in [0.05, 0.1) is 5.56 Å². The van der Waals surface area contributed by atoms with E-state index in [1.165, 1.54) is 6.07 Å². The number of aromatic hydroxyl groups is 1. The number of aliphatic hydroxyl groups excluding tert-OH is 2. The van der Waals surface area contributed by atoms with Gasteiger partial charge in [0.2, 0.25) is 11.7 Å². The molecule has 0 spiro atoms. The summed E-state index contributed by atoms with van der Waals surface area (Å²) in [6, 6.07) is 9.38. The van der Waals surface area contributed by atoms with Gasteiger partial charge in [0, 0.05) is 23.5 Å². The highest BCUT2D eigenvalue weighted by atomic mass is 16.3. The highest BCUT2D eigenvalue weighted by Gasteiger charge is 2.59. The lowest BCUT2D eigenvalue weighted by molar-refractivity contribution is -0.144. The molecule has 0 heterocycles. The number of hydrogen-bond donors (Lipinski definition) is 6. The number of amides is 2. The Labute approximate surface area is 204 Å². The van der Waals surface area contributed by atoms with Crippen molar-refractivity contribution in [1.29, 1.82) is 0 Å². The zero-order valence-corrected chi connectivity index (χ0v) is 18.8. The van der Waals surface area contributed by atoms with Gasteiger partial charge in [-0.15, -0.1) is 0 Å². The van der Waals surface area contributed by atoms with Crippen molar-refractivity contribution in [2.24, 2.45) is 23.3 Å². The molecule has 2 aromatic rings. The fourth-order valence-electron chi connectivity index (χ4n) is 5.73. The van der Waals surface area contributed by atoms with Gasteiger partial charge < -0.3 is 31.9 Å². The summed E-state index contributed by atoms with van der Waals surface area (Å²) in [5.41, 5.74) is 8.70. The van der Waals surface area contributed by atoms with Crippen LogP contribution in [0.2, 0.25) is 0 Å². The van der Waals surface area contributed by atoms with Crippen LogP contribution in [0.5, 0.6) is 5.75 Å². The first kappa shape index (κ1) is 23.3. The van der Waals surface area contributed by atoms with Crippen LogP contribution in [-0.4, -0.2) is 49.4 Å². The van der Waals surface area contributed by atoms with Crippen molar-refractivity contribution in [3.8, 4) is 16.9 Å². The molecular weight excluding hydrogens is 468 g/mol. The van der Waals surface area contributed by atoms with E-state index in [-0.39, 0.29) is 41.7 Å². The molecule has 0 saturated carbocycles. The van der Waals surface area contributed by atoms with E-state index >= 15 is 0 Å². The minimum Gasteiger partial charge on any atom is -0.511 e. The highest BCUT2D eigenvalue weighted by molar-refractivity contribution is 6.24. The van der Waals surface area contributed by atoms with Crippen molar-refractivity contribution in [2.75, 3.05) is 0 Å². The topological polar surface area (TPSA) is 201 Å². The van der Waals surface area contributed by atoms with Crippen molar-refractivity contribution in [2.45, 2.75) is 24.9 Å². The molecule has 0 aliphatic heterocycles. The summed E-state index contributed by atoms with van der Waals surface area (Å²) in [5.74, 6) is -7.46. The summed E-state index contributed by atoms with van der Waals surface area (Å²) in [6.45, 7) is 0. The molecule has 10 heteroatoms. The summed E-state index contributed by atoms with van der Waals surface area (Å²) in [4.78, 5) is 50.0. The molecule has 3 aliphatic carbocycles. The first-order valence-corrected chi connectivity index (χ1v) is 11.2. The number of rotatable bonds is 3. The standard InChI is InChI=1S/C26H22N2O8/c27-24(34)11-3-1-2-10(6-11)14-4-5-16(29)19-15(14)8-12-7-13-9-17(30)20(25(28)35)23(33)26(13,36)22(32)18(12)21(19)31/h1-6,12-13,29-30,32,36H,7-9H2,(H2,27,34)(H2,28,35)/t12-,13+,26+/m1/s1. The predicted molar refractivity (Wildman–Crippen MR) is 125 cm³/mol. The normalized spacial score (nSPS) is 25.2. The lowest BCUT2D eigenvalue weighted by Crippen LogP contribution is -2.57. The van der Waals surface area contributed by atoms with Crippen molar-refractivity contribution in [3.63, 3.8) is 0 Å². The van der Waals surface area contributed by atoms with E-state index in [1.54, 1.807) is 30.3 Å². The van der Waals surface area contributed by atoms with Crippen LogP contribution in [0.1, 0.15) is 39.1 Å². The molecule has 3 aliphatic rings. The first-order valence-electron chi connectivity index (χ1n) is 11.2. The predicted octanol–water partition coefficient (Wildman–Crippen LogP) is 1.35. The third kappa shape index (κ3) is 3.07. The van der Waals surface area contributed by atoms with Crippen molar-refractivity contribution in [3.05, 3.63) is 75.8 Å². The van der Waals surface area contributed by atoms with E-state index < -0.39 is 57.9 Å². The molecule has 5 rings (SSSR count). The second-order valence-corrected chi connectivity index (χ2v) is 9.34. The Hall–Kier alpha value is -4.44. The van der Waals surface area contributed by atoms with Gasteiger partial charge in [-0.3, -0.25) is 19.2 Å². The van der Waals surface area contributed by atoms with Gasteiger partial charge in [-0.2, -0.15) is 0 Å². The van der Waals surface area contributed by atoms with Crippen LogP contribution in [0, 0.1) is 11.8 Å². The molecule has 10 nitrogen and oxygen atoms in total. The lowest BCUT2D eigenvalue weighted by atomic mass is 9.60. The fraction of sp³-hybridized carbons (Fsp3) is 0.231. The molecule has 0 radical (unpaired) electrons. The van der Waals surface area contributed by atoms with Crippen molar-refractivity contribution >= 4 is 23.4 Å². The number of primary amides is 2. The van der Waals surface area contributed by atoms with Gasteiger partial charge in [0.15, 0.2) is 11.4 Å². The number of Topliss-reactive ketones (excluding diaryl/α,β-unsaturated/α-hetero) is 2. The second kappa shape index (κ2) is 7.79. The zero-order valence-electron chi connectivity index (χ0n) is 18.8. The SMILES string of the molecule is NC(=O)C1=C(O)C[C@@H]2C[C@@H]3Cc4c(-c5cccc(C(N)=O)c5)ccc(O)c4C(=O)C3=C(O)[C@]2(O)C1=O. The Balaban J connectivity index is 1.68. The molecule has 0 saturated heterocycles. The van der Waals surface area contributed by atoms with Crippen LogP contribution >= 0.6 is 0 Å². The molecule has 184 valence electrons. The summed E-state index contributed by atoms with van der Waals surface area (Å²) in [7, 11) is 0. The maximum atomic E-state index is 13.6. The Bertz CT molecular complexity index is 1470. The van der Waals surface area contributed by atoms with Gasteiger partial charge in [-0.25, -0.2) is 0 Å². The maximum Gasteiger partial charge on any atom is 0.255 e. The molecule has 3 atom stereocenters. The van der Waals surface area contributed by atoms with E-state index in [0.717, 1.165) is 0 Å². The molecule has 2 amide bonds. The quantitative estimate of drug-likeness (QED) is 0.346. The Morgan fingerprint density at radius 2 is 1.69 bits per heavy atom. The van der Waals surface area contributed by atoms with Gasteiger partial charge in [-0.05, 0) is 53.6 Å². The number of phenolic OH excluding ortho intramolecular Hbond substituents is 1. The van der Waals surface area contributed by atoms with E-state index in [2.05, 4.69) is 0 Å². The Kier molecular flexibility index (Phi) is 5.04. The summed E-state index contributed by atoms with van der Waals surface area (Å²) >= 11 is 0. The smallest absolute Gasteiger partial charge is 0.255 e. The van der Waals surface area contributed by atoms with Crippen LogP contribution in [0.15, 0.2) is 59.1 Å². The largest absolute Gasteiger partial charge is 0.511 e. The molecule has 0 aromatic heterocycles. The van der Waals surface area contributed by atoms with Crippen LogP contribution in [-0.2, 0) is 16.0 Å². The fourth-order valence-corrected chi connectivity index (χ4v) is 5.73. The van der Waals surface area contributed by atoms with Crippen molar-refractivity contribution in [1.82, 2.24) is 0 Å². The third-order valence-electron chi connectivity index (χ3n) is 7.40. The number of allylic oxidation sites excluding steroid dienone is 2. The van der Waals surface area contributed by atoms with Gasteiger partial charge in [0.25, 0.3) is 5.91 Å². The Morgan fingerprint density at radius 1 is 0.972 bits per heavy atom. The molecule has 0 fully saturated rings. The van der Waals surface area contributed by atoms with Gasteiger partial charge in [0.1, 0.15) is 22.8 Å². The number of aliphatic hydroxyl groups is 3. The summed E-state index contributed by atoms with van der Waals surface area (Å²) in [6.07, 6.45) is -0.124. The lowest BCUT2D eigenvalue weighted by Gasteiger charge is -2.45. The molecule has 0 unspecified atom stereocenters. The minimum absolute atomic E-state index is 0.0271. The maximum absolute atomic E-state index is 13.6. The second-order valence-electron chi connectivity index (χ2n) is 9.34. The third-order valence-corrected chi connectivity index (χ3v) is 7.40. The summed E-state index contributed by atoms with van der Waals surface area (Å²) < 4.78 is 0. The Morgan fingerprint density at radius 3 is 2.36 bits per heavy atom. The molecule has 2 aromatic carbocycles. The van der Waals surface area contributed by atoms with Crippen LogP contribution in [0.25, 0.3) is 11.1 Å². The van der Waals surface area contributed by atoms with Crippen LogP contribution in [0.3, 0.4) is 0 Å². The number of hydrogen-bond acceptors (Lipinski definition) is 8. The molecule has 36 heavy (non-hydrogen) atoms. The molecule has 0 bridgehead atoms. The van der Waals surface area contributed by atoms with Crippen LogP contribution < -0.4 is 11.5 Å². The van der Waals surface area contributed by atoms with Crippen LogP contribution in [0.4, 0.5) is 0 Å². The average Bonchev–Trinajstić information content (AvgIpc) is 2.81. The van der Waals surface area contributed by atoms with Gasteiger partial charge >= 0.3 is 0 Å². The number of carbonyl (C=O) groups is 4. The van der Waals surface area contributed by atoms with E-state index in [1.807, 2.05) is 0 Å². The first-order chi connectivity index (χ1) is 17.0. The zero-order chi connectivity index (χ0) is 26.1. The number of phenols is 1. The number of fused-ring (bicyclic) bond motifs is 3. The number of nitrogens with two attached hydrogens (primary N) is 2.